The van der Waals surface area contributed by atoms with E-state index >= 15 is 0 Å². The van der Waals surface area contributed by atoms with E-state index in [1.165, 1.54) is 11.3 Å². The number of carbonyl (C=O) groups excluding carboxylic acids is 1. The van der Waals surface area contributed by atoms with Gasteiger partial charge in [0.1, 0.15) is 0 Å². The molecular formula is C14H19N3OS. The predicted octanol–water partition coefficient (Wildman–Crippen LogP) is 2.23. The molecule has 4 nitrogen and oxygen atoms in total. The largest absolute Gasteiger partial charge is 0.354 e. The molecule has 19 heavy (non-hydrogen) atoms. The Bertz CT molecular complexity index is 558. The molecule has 1 N–H and O–H groups in total. The highest BCUT2D eigenvalue weighted by Gasteiger charge is 2.07. The molecule has 0 fully saturated rings. The number of nitrogens with zero attached hydrogens (tertiary/aromatic N) is 2. The maximum absolute atomic E-state index is 11.7. The maximum Gasteiger partial charge on any atom is 0.225 e. The molecule has 0 saturated carbocycles. The van der Waals surface area contributed by atoms with Crippen LogP contribution in [0.5, 0.6) is 0 Å². The average Bonchev–Trinajstić information content (AvgIpc) is 2.95. The van der Waals surface area contributed by atoms with Gasteiger partial charge in [-0.2, -0.15) is 5.10 Å². The minimum absolute atomic E-state index is 0.0701. The van der Waals surface area contributed by atoms with Gasteiger partial charge >= 0.3 is 0 Å². The number of aromatic nitrogens is 2. The first-order valence-electron chi connectivity index (χ1n) is 6.37. The number of thiophene rings is 1. The zero-order valence-electron chi connectivity index (χ0n) is 11.6. The predicted molar refractivity (Wildman–Crippen MR) is 77.5 cm³/mol. The zero-order valence-corrected chi connectivity index (χ0v) is 12.4. The molecule has 2 heterocycles. The summed E-state index contributed by atoms with van der Waals surface area (Å²) in [7, 11) is 0. The standard InChI is InChI=1S/C14H19N3OS/c1-10-11(2)16-17(12(10)3)7-6-15-14(18)9-13-5-4-8-19-13/h4-5,8H,6-7,9H2,1-3H3,(H,15,18). The molecule has 0 aromatic carbocycles. The van der Waals surface area contributed by atoms with Gasteiger partial charge in [-0.3, -0.25) is 9.48 Å². The molecular weight excluding hydrogens is 258 g/mol. The van der Waals surface area contributed by atoms with E-state index in [4.69, 9.17) is 0 Å². The van der Waals surface area contributed by atoms with Crippen molar-refractivity contribution in [3.05, 3.63) is 39.3 Å². The molecule has 0 aliphatic rings. The molecule has 0 aliphatic carbocycles. The quantitative estimate of drug-likeness (QED) is 0.911. The van der Waals surface area contributed by atoms with Gasteiger partial charge in [-0.15, -0.1) is 11.3 Å². The summed E-state index contributed by atoms with van der Waals surface area (Å²) >= 11 is 1.61. The summed E-state index contributed by atoms with van der Waals surface area (Å²) < 4.78 is 1.95. The van der Waals surface area contributed by atoms with E-state index in [1.54, 1.807) is 11.3 Å². The number of amides is 1. The second kappa shape index (κ2) is 6.02. The molecule has 0 atom stereocenters. The molecule has 0 saturated heterocycles. The average molecular weight is 277 g/mol. The molecule has 5 heteroatoms. The van der Waals surface area contributed by atoms with Crippen molar-refractivity contribution in [3.8, 4) is 0 Å². The van der Waals surface area contributed by atoms with Crippen LogP contribution in [-0.4, -0.2) is 22.2 Å². The summed E-state index contributed by atoms with van der Waals surface area (Å²) in [5.41, 5.74) is 3.46. The number of aryl methyl sites for hydroxylation is 1. The van der Waals surface area contributed by atoms with Gasteiger partial charge in [-0.1, -0.05) is 6.07 Å². The molecule has 0 unspecified atom stereocenters. The van der Waals surface area contributed by atoms with Crippen molar-refractivity contribution < 1.29 is 4.79 Å². The fourth-order valence-corrected chi connectivity index (χ4v) is 2.64. The Morgan fingerprint density at radius 3 is 2.79 bits per heavy atom. The molecule has 0 aliphatic heterocycles. The minimum Gasteiger partial charge on any atom is -0.354 e. The van der Waals surface area contributed by atoms with Crippen LogP contribution < -0.4 is 5.32 Å². The van der Waals surface area contributed by atoms with Gasteiger partial charge in [0.25, 0.3) is 0 Å². The van der Waals surface area contributed by atoms with Crippen LogP contribution in [0, 0.1) is 20.8 Å². The minimum atomic E-state index is 0.0701. The lowest BCUT2D eigenvalue weighted by atomic mass is 10.2. The molecule has 102 valence electrons. The summed E-state index contributed by atoms with van der Waals surface area (Å²) in [5, 5.41) is 9.37. The van der Waals surface area contributed by atoms with Crippen LogP contribution in [0.2, 0.25) is 0 Å². The summed E-state index contributed by atoms with van der Waals surface area (Å²) in [6, 6.07) is 3.94. The van der Waals surface area contributed by atoms with Gasteiger partial charge in [0, 0.05) is 17.1 Å². The van der Waals surface area contributed by atoms with Gasteiger partial charge < -0.3 is 5.32 Å². The van der Waals surface area contributed by atoms with Crippen LogP contribution >= 0.6 is 11.3 Å². The lowest BCUT2D eigenvalue weighted by Crippen LogP contribution is -2.28. The van der Waals surface area contributed by atoms with Crippen LogP contribution in [0.4, 0.5) is 0 Å². The van der Waals surface area contributed by atoms with Crippen molar-refractivity contribution in [2.45, 2.75) is 33.7 Å². The first-order chi connectivity index (χ1) is 9.08. The van der Waals surface area contributed by atoms with Crippen molar-refractivity contribution >= 4 is 17.2 Å². The number of rotatable bonds is 5. The van der Waals surface area contributed by atoms with Gasteiger partial charge in [-0.05, 0) is 37.8 Å². The molecule has 0 radical (unpaired) electrons. The van der Waals surface area contributed by atoms with Crippen molar-refractivity contribution in [3.63, 3.8) is 0 Å². The number of hydrogen-bond donors (Lipinski definition) is 1. The van der Waals surface area contributed by atoms with Crippen LogP contribution in [0.25, 0.3) is 0 Å². The van der Waals surface area contributed by atoms with E-state index in [1.807, 2.05) is 29.1 Å². The number of nitrogens with one attached hydrogen (secondary N) is 1. The number of hydrogen-bond acceptors (Lipinski definition) is 3. The second-order valence-electron chi connectivity index (χ2n) is 4.63. The molecule has 2 rings (SSSR count). The lowest BCUT2D eigenvalue weighted by molar-refractivity contribution is -0.120. The summed E-state index contributed by atoms with van der Waals surface area (Å²) in [4.78, 5) is 12.8. The van der Waals surface area contributed by atoms with Gasteiger partial charge in [-0.25, -0.2) is 0 Å². The first-order valence-corrected chi connectivity index (χ1v) is 7.25. The van der Waals surface area contributed by atoms with Gasteiger partial charge in [0.05, 0.1) is 18.7 Å². The maximum atomic E-state index is 11.7. The zero-order chi connectivity index (χ0) is 13.8. The third kappa shape index (κ3) is 3.44. The van der Waals surface area contributed by atoms with E-state index < -0.39 is 0 Å². The highest BCUT2D eigenvalue weighted by atomic mass is 32.1. The summed E-state index contributed by atoms with van der Waals surface area (Å²) in [6.45, 7) is 7.48. The Labute approximate surface area is 117 Å². The molecule has 2 aromatic heterocycles. The Balaban J connectivity index is 1.80. The normalized spacial score (nSPS) is 10.7. The molecule has 1 amide bonds. The third-order valence-corrected chi connectivity index (χ3v) is 4.18. The third-order valence-electron chi connectivity index (χ3n) is 3.30. The highest BCUT2D eigenvalue weighted by molar-refractivity contribution is 7.10. The van der Waals surface area contributed by atoms with Crippen LogP contribution in [-0.2, 0) is 17.8 Å². The van der Waals surface area contributed by atoms with E-state index in [9.17, 15) is 4.79 Å². The SMILES string of the molecule is Cc1nn(CCNC(=O)Cc2cccs2)c(C)c1C. The van der Waals surface area contributed by atoms with E-state index in [0.29, 0.717) is 13.0 Å². The Morgan fingerprint density at radius 2 is 2.21 bits per heavy atom. The van der Waals surface area contributed by atoms with Crippen LogP contribution in [0.3, 0.4) is 0 Å². The highest BCUT2D eigenvalue weighted by Crippen LogP contribution is 2.10. The Morgan fingerprint density at radius 1 is 1.42 bits per heavy atom. The van der Waals surface area contributed by atoms with E-state index in [0.717, 1.165) is 17.1 Å². The first kappa shape index (κ1) is 13.8. The van der Waals surface area contributed by atoms with Crippen molar-refractivity contribution in [2.24, 2.45) is 0 Å². The fraction of sp³-hybridized carbons (Fsp3) is 0.429. The molecule has 0 bridgehead atoms. The fourth-order valence-electron chi connectivity index (χ4n) is 1.94. The Hall–Kier alpha value is -1.62. The topological polar surface area (TPSA) is 46.9 Å². The van der Waals surface area contributed by atoms with Crippen LogP contribution in [0.1, 0.15) is 21.8 Å². The van der Waals surface area contributed by atoms with E-state index in [-0.39, 0.29) is 5.91 Å². The monoisotopic (exact) mass is 277 g/mol. The smallest absolute Gasteiger partial charge is 0.225 e. The molecule has 0 spiro atoms. The summed E-state index contributed by atoms with van der Waals surface area (Å²) in [5.74, 6) is 0.0701. The van der Waals surface area contributed by atoms with Gasteiger partial charge in [0.15, 0.2) is 0 Å². The van der Waals surface area contributed by atoms with Crippen molar-refractivity contribution in [1.82, 2.24) is 15.1 Å². The van der Waals surface area contributed by atoms with E-state index in [2.05, 4.69) is 24.3 Å². The number of carbonyl (C=O) groups is 1. The Kier molecular flexibility index (Phi) is 4.37. The van der Waals surface area contributed by atoms with Crippen molar-refractivity contribution in [1.29, 1.82) is 0 Å². The van der Waals surface area contributed by atoms with Gasteiger partial charge in [0.2, 0.25) is 5.91 Å². The van der Waals surface area contributed by atoms with Crippen LogP contribution in [0.15, 0.2) is 17.5 Å². The lowest BCUT2D eigenvalue weighted by Gasteiger charge is -2.06. The van der Waals surface area contributed by atoms with Crippen molar-refractivity contribution in [2.75, 3.05) is 6.54 Å². The second-order valence-corrected chi connectivity index (χ2v) is 5.66. The summed E-state index contributed by atoms with van der Waals surface area (Å²) in [6.07, 6.45) is 0.466. The molecule has 2 aromatic rings.